The molecule has 1 aliphatic heterocycles. The molecule has 4 rings (SSSR count). The van der Waals surface area contributed by atoms with E-state index in [1.165, 1.54) is 0 Å². The lowest BCUT2D eigenvalue weighted by molar-refractivity contribution is 0.122. The first-order chi connectivity index (χ1) is 12.7. The highest BCUT2D eigenvalue weighted by atomic mass is 16.5. The summed E-state index contributed by atoms with van der Waals surface area (Å²) in [5, 5.41) is 3.41. The van der Waals surface area contributed by atoms with Crippen LogP contribution in [0.15, 0.2) is 30.9 Å². The van der Waals surface area contributed by atoms with Gasteiger partial charge in [0.2, 0.25) is 5.95 Å². The number of pyridine rings is 1. The lowest BCUT2D eigenvalue weighted by atomic mass is 10.3. The minimum atomic E-state index is 0.276. The summed E-state index contributed by atoms with van der Waals surface area (Å²) in [7, 11) is 0. The van der Waals surface area contributed by atoms with Crippen LogP contribution in [0.1, 0.15) is 25.5 Å². The number of rotatable bonds is 5. The zero-order chi connectivity index (χ0) is 17.9. The smallest absolute Gasteiger partial charge is 0.229 e. The number of fused-ring (bicyclic) bond motifs is 1. The minimum absolute atomic E-state index is 0.276. The largest absolute Gasteiger partial charge is 0.378 e. The fourth-order valence-electron chi connectivity index (χ4n) is 3.00. The molecule has 136 valence electrons. The lowest BCUT2D eigenvalue weighted by Crippen LogP contribution is -2.37. The second-order valence-corrected chi connectivity index (χ2v) is 6.60. The summed E-state index contributed by atoms with van der Waals surface area (Å²) >= 11 is 0. The van der Waals surface area contributed by atoms with Gasteiger partial charge in [-0.15, -0.1) is 0 Å². The van der Waals surface area contributed by atoms with E-state index in [1.807, 2.05) is 24.7 Å². The van der Waals surface area contributed by atoms with Crippen LogP contribution in [0.4, 0.5) is 11.8 Å². The van der Waals surface area contributed by atoms with Crippen molar-refractivity contribution in [3.8, 4) is 0 Å². The third-order valence-electron chi connectivity index (χ3n) is 4.44. The maximum absolute atomic E-state index is 5.45. The molecule has 1 N–H and O–H groups in total. The Morgan fingerprint density at radius 3 is 2.81 bits per heavy atom. The number of hydrogen-bond acceptors (Lipinski definition) is 7. The van der Waals surface area contributed by atoms with E-state index in [0.717, 1.165) is 41.6 Å². The quantitative estimate of drug-likeness (QED) is 0.753. The standard InChI is InChI=1S/C18H23N7O/c1-13(2)25-12-21-15-16(20-11-14-4-3-5-19-10-14)22-18(23-17(15)25)24-6-8-26-9-7-24/h3-5,10,12-13H,6-9,11H2,1-2H3,(H,20,22,23). The Bertz CT molecular complexity index is 872. The van der Waals surface area contributed by atoms with Crippen molar-refractivity contribution in [1.29, 1.82) is 0 Å². The molecule has 4 heterocycles. The topological polar surface area (TPSA) is 81.0 Å². The summed E-state index contributed by atoms with van der Waals surface area (Å²) in [6, 6.07) is 4.24. The summed E-state index contributed by atoms with van der Waals surface area (Å²) in [6.07, 6.45) is 5.45. The Hall–Kier alpha value is -2.74. The summed E-state index contributed by atoms with van der Waals surface area (Å²) in [4.78, 5) is 20.4. The molecule has 0 aliphatic carbocycles. The third kappa shape index (κ3) is 3.32. The Morgan fingerprint density at radius 1 is 1.23 bits per heavy atom. The molecule has 8 nitrogen and oxygen atoms in total. The normalized spacial score (nSPS) is 15.0. The molecule has 0 saturated carbocycles. The van der Waals surface area contributed by atoms with Crippen molar-refractivity contribution >= 4 is 22.9 Å². The van der Waals surface area contributed by atoms with Crippen LogP contribution in [-0.4, -0.2) is 50.8 Å². The summed E-state index contributed by atoms with van der Waals surface area (Å²) in [6.45, 7) is 7.87. The SMILES string of the molecule is CC(C)n1cnc2c(NCc3cccnc3)nc(N3CCOCC3)nc21. The van der Waals surface area contributed by atoms with Gasteiger partial charge in [-0.25, -0.2) is 4.98 Å². The predicted octanol–water partition coefficient (Wildman–Crippen LogP) is 2.25. The second-order valence-electron chi connectivity index (χ2n) is 6.60. The van der Waals surface area contributed by atoms with Crippen molar-refractivity contribution in [2.45, 2.75) is 26.4 Å². The van der Waals surface area contributed by atoms with Gasteiger partial charge in [-0.1, -0.05) is 6.07 Å². The van der Waals surface area contributed by atoms with Crippen molar-refractivity contribution in [2.75, 3.05) is 36.5 Å². The Morgan fingerprint density at radius 2 is 2.08 bits per heavy atom. The molecule has 26 heavy (non-hydrogen) atoms. The van der Waals surface area contributed by atoms with Crippen molar-refractivity contribution in [3.05, 3.63) is 36.4 Å². The number of aromatic nitrogens is 5. The van der Waals surface area contributed by atoms with E-state index >= 15 is 0 Å². The average molecular weight is 353 g/mol. The van der Waals surface area contributed by atoms with Gasteiger partial charge in [-0.2, -0.15) is 9.97 Å². The number of nitrogens with zero attached hydrogens (tertiary/aromatic N) is 6. The summed E-state index contributed by atoms with van der Waals surface area (Å²) in [5.41, 5.74) is 2.74. The molecule has 0 radical (unpaired) electrons. The third-order valence-corrected chi connectivity index (χ3v) is 4.44. The van der Waals surface area contributed by atoms with Crippen molar-refractivity contribution in [1.82, 2.24) is 24.5 Å². The molecular formula is C18H23N7O. The maximum atomic E-state index is 5.45. The van der Waals surface area contributed by atoms with E-state index < -0.39 is 0 Å². The van der Waals surface area contributed by atoms with Crippen LogP contribution in [0.3, 0.4) is 0 Å². The van der Waals surface area contributed by atoms with Gasteiger partial charge in [0.25, 0.3) is 0 Å². The van der Waals surface area contributed by atoms with Crippen molar-refractivity contribution < 1.29 is 4.74 Å². The Labute approximate surface area is 152 Å². The number of nitrogens with one attached hydrogen (secondary N) is 1. The predicted molar refractivity (Wildman–Crippen MR) is 100 cm³/mol. The van der Waals surface area contributed by atoms with Crippen molar-refractivity contribution in [2.24, 2.45) is 0 Å². The Kier molecular flexibility index (Phi) is 4.66. The number of imidazole rings is 1. The fraction of sp³-hybridized carbons (Fsp3) is 0.444. The van der Waals surface area contributed by atoms with Crippen molar-refractivity contribution in [3.63, 3.8) is 0 Å². The molecule has 0 bridgehead atoms. The highest BCUT2D eigenvalue weighted by Gasteiger charge is 2.19. The lowest BCUT2D eigenvalue weighted by Gasteiger charge is -2.27. The van der Waals surface area contributed by atoms with E-state index in [-0.39, 0.29) is 6.04 Å². The van der Waals surface area contributed by atoms with E-state index in [1.54, 1.807) is 6.20 Å². The molecule has 3 aromatic heterocycles. The average Bonchev–Trinajstić information content (AvgIpc) is 3.12. The van der Waals surface area contributed by atoms with Gasteiger partial charge in [0.05, 0.1) is 19.5 Å². The van der Waals surface area contributed by atoms with E-state index in [4.69, 9.17) is 14.7 Å². The molecular weight excluding hydrogens is 330 g/mol. The molecule has 0 spiro atoms. The van der Waals surface area contributed by atoms with Gasteiger partial charge in [-0.05, 0) is 25.5 Å². The van der Waals surface area contributed by atoms with Gasteiger partial charge < -0.3 is 19.5 Å². The maximum Gasteiger partial charge on any atom is 0.229 e. The number of ether oxygens (including phenoxy) is 1. The second kappa shape index (κ2) is 7.25. The minimum Gasteiger partial charge on any atom is -0.378 e. The first kappa shape index (κ1) is 16.7. The van der Waals surface area contributed by atoms with Crippen LogP contribution in [0.25, 0.3) is 11.2 Å². The zero-order valence-electron chi connectivity index (χ0n) is 15.1. The van der Waals surface area contributed by atoms with E-state index in [9.17, 15) is 0 Å². The van der Waals surface area contributed by atoms with Crippen LogP contribution in [0, 0.1) is 0 Å². The highest BCUT2D eigenvalue weighted by molar-refractivity contribution is 5.84. The molecule has 3 aromatic rings. The molecule has 1 saturated heterocycles. The van der Waals surface area contributed by atoms with Gasteiger partial charge in [0.1, 0.15) is 0 Å². The molecule has 1 aliphatic rings. The van der Waals surface area contributed by atoms with Crippen LogP contribution in [-0.2, 0) is 11.3 Å². The van der Waals surface area contributed by atoms with Crippen LogP contribution >= 0.6 is 0 Å². The van der Waals surface area contributed by atoms with E-state index in [0.29, 0.717) is 19.8 Å². The number of morpholine rings is 1. The fourth-order valence-corrected chi connectivity index (χ4v) is 3.00. The van der Waals surface area contributed by atoms with E-state index in [2.05, 4.69) is 38.6 Å². The van der Waals surface area contributed by atoms with Gasteiger partial charge >= 0.3 is 0 Å². The summed E-state index contributed by atoms with van der Waals surface area (Å²) < 4.78 is 7.53. The molecule has 0 aromatic carbocycles. The summed E-state index contributed by atoms with van der Waals surface area (Å²) in [5.74, 6) is 1.47. The first-order valence-corrected chi connectivity index (χ1v) is 8.92. The van der Waals surface area contributed by atoms with Crippen LogP contribution in [0.2, 0.25) is 0 Å². The zero-order valence-corrected chi connectivity index (χ0v) is 15.1. The first-order valence-electron chi connectivity index (χ1n) is 8.92. The van der Waals surface area contributed by atoms with Crippen LogP contribution < -0.4 is 10.2 Å². The number of hydrogen-bond donors (Lipinski definition) is 1. The molecule has 0 atom stereocenters. The molecule has 1 fully saturated rings. The highest BCUT2D eigenvalue weighted by Crippen LogP contribution is 2.25. The molecule has 0 amide bonds. The number of anilines is 2. The molecule has 8 heteroatoms. The molecule has 0 unspecified atom stereocenters. The monoisotopic (exact) mass is 353 g/mol. The van der Waals surface area contributed by atoms with Crippen LogP contribution in [0.5, 0.6) is 0 Å². The van der Waals surface area contributed by atoms with Gasteiger partial charge in [-0.3, -0.25) is 4.98 Å². The Balaban J connectivity index is 1.71. The van der Waals surface area contributed by atoms with Gasteiger partial charge in [0, 0.05) is 38.1 Å². The van der Waals surface area contributed by atoms with Gasteiger partial charge in [0.15, 0.2) is 17.0 Å².